The molecule has 1 aliphatic heterocycles. The second-order valence-corrected chi connectivity index (χ2v) is 8.21. The summed E-state index contributed by atoms with van der Waals surface area (Å²) in [5.41, 5.74) is 2.80. The van der Waals surface area contributed by atoms with E-state index in [-0.39, 0.29) is 12.3 Å². The Kier molecular flexibility index (Phi) is 7.04. The quantitative estimate of drug-likeness (QED) is 0.541. The molecule has 7 nitrogen and oxygen atoms in total. The zero-order chi connectivity index (χ0) is 22.3. The molecule has 2 heterocycles. The first-order chi connectivity index (χ1) is 15.6. The van der Waals surface area contributed by atoms with Crippen LogP contribution in [0.1, 0.15) is 39.0 Å². The lowest BCUT2D eigenvalue weighted by atomic mass is 9.98. The summed E-state index contributed by atoms with van der Waals surface area (Å²) in [6.07, 6.45) is 3.09. The molecule has 0 radical (unpaired) electrons. The molecule has 1 fully saturated rings. The number of piperidine rings is 1. The molecule has 4 rings (SSSR count). The van der Waals surface area contributed by atoms with Crippen LogP contribution in [0.3, 0.4) is 0 Å². The van der Waals surface area contributed by atoms with Crippen LogP contribution >= 0.6 is 0 Å². The highest BCUT2D eigenvalue weighted by atomic mass is 16.5. The minimum atomic E-state index is -0.128. The Labute approximate surface area is 188 Å². The van der Waals surface area contributed by atoms with Crippen LogP contribution in [-0.4, -0.2) is 35.7 Å². The Morgan fingerprint density at radius 3 is 2.66 bits per heavy atom. The highest BCUT2D eigenvalue weighted by Gasteiger charge is 2.17. The lowest BCUT2D eigenvalue weighted by molar-refractivity contribution is -0.116. The monoisotopic (exact) mass is 434 g/mol. The van der Waals surface area contributed by atoms with Gasteiger partial charge in [-0.15, -0.1) is 0 Å². The molecule has 2 aromatic carbocycles. The molecule has 0 bridgehead atoms. The summed E-state index contributed by atoms with van der Waals surface area (Å²) in [5.74, 6) is 2.33. The van der Waals surface area contributed by atoms with Gasteiger partial charge in [-0.2, -0.15) is 4.98 Å². The summed E-state index contributed by atoms with van der Waals surface area (Å²) in [5, 5.41) is 6.97. The number of aryl methyl sites for hydroxylation is 1. The first-order valence-electron chi connectivity index (χ1n) is 11.3. The van der Waals surface area contributed by atoms with E-state index in [9.17, 15) is 4.79 Å². The molecule has 0 spiro atoms. The third-order valence-electron chi connectivity index (χ3n) is 5.77. The maximum Gasteiger partial charge on any atom is 0.227 e. The molecule has 7 heteroatoms. The van der Waals surface area contributed by atoms with Gasteiger partial charge in [-0.05, 0) is 62.1 Å². The second-order valence-electron chi connectivity index (χ2n) is 8.21. The molecule has 3 aromatic rings. The van der Waals surface area contributed by atoms with E-state index in [0.29, 0.717) is 36.2 Å². The summed E-state index contributed by atoms with van der Waals surface area (Å²) in [4.78, 5) is 19.3. The number of carbonyl (C=O) groups excluding carboxylic acids is 1. The summed E-state index contributed by atoms with van der Waals surface area (Å²) >= 11 is 0. The SMILES string of the molecule is CCOc1ccccc1NC(=O)CCc1nc(-c2ccc(N3CCC(C)CC3)cc2)no1. The van der Waals surface area contributed by atoms with Crippen LogP contribution in [-0.2, 0) is 11.2 Å². The van der Waals surface area contributed by atoms with Crippen molar-refractivity contribution in [3.63, 3.8) is 0 Å². The van der Waals surface area contributed by atoms with Crippen LogP contribution in [0.15, 0.2) is 53.1 Å². The van der Waals surface area contributed by atoms with Crippen molar-refractivity contribution in [2.24, 2.45) is 5.92 Å². The van der Waals surface area contributed by atoms with Crippen molar-refractivity contribution < 1.29 is 14.1 Å². The van der Waals surface area contributed by atoms with E-state index >= 15 is 0 Å². The molecule has 0 atom stereocenters. The predicted molar refractivity (Wildman–Crippen MR) is 125 cm³/mol. The van der Waals surface area contributed by atoms with E-state index in [1.165, 1.54) is 18.5 Å². The number of benzene rings is 2. The molecule has 32 heavy (non-hydrogen) atoms. The molecule has 1 aliphatic rings. The van der Waals surface area contributed by atoms with E-state index in [4.69, 9.17) is 9.26 Å². The zero-order valence-electron chi connectivity index (χ0n) is 18.7. The second kappa shape index (κ2) is 10.3. The first-order valence-corrected chi connectivity index (χ1v) is 11.3. The van der Waals surface area contributed by atoms with Gasteiger partial charge in [-0.25, -0.2) is 0 Å². The lowest BCUT2D eigenvalue weighted by Crippen LogP contribution is -2.32. The highest BCUT2D eigenvalue weighted by Crippen LogP contribution is 2.26. The van der Waals surface area contributed by atoms with Crippen LogP contribution < -0.4 is 15.0 Å². The van der Waals surface area contributed by atoms with Crippen LogP contribution in [0, 0.1) is 5.92 Å². The third kappa shape index (κ3) is 5.46. The van der Waals surface area contributed by atoms with Gasteiger partial charge in [0.15, 0.2) is 0 Å². The van der Waals surface area contributed by atoms with Crippen LogP contribution in [0.2, 0.25) is 0 Å². The lowest BCUT2D eigenvalue weighted by Gasteiger charge is -2.32. The number of rotatable bonds is 8. The van der Waals surface area contributed by atoms with E-state index in [1.54, 1.807) is 0 Å². The maximum atomic E-state index is 12.4. The molecule has 0 unspecified atom stereocenters. The molecular formula is C25H30N4O3. The maximum absolute atomic E-state index is 12.4. The highest BCUT2D eigenvalue weighted by molar-refractivity contribution is 5.92. The number of carbonyl (C=O) groups is 1. The third-order valence-corrected chi connectivity index (χ3v) is 5.77. The van der Waals surface area contributed by atoms with Gasteiger partial charge in [0, 0.05) is 37.2 Å². The van der Waals surface area contributed by atoms with Crippen molar-refractivity contribution in [1.29, 1.82) is 0 Å². The summed E-state index contributed by atoms with van der Waals surface area (Å²) in [7, 11) is 0. The van der Waals surface area contributed by atoms with E-state index in [0.717, 1.165) is 24.6 Å². The zero-order valence-corrected chi connectivity index (χ0v) is 18.7. The molecule has 168 valence electrons. The van der Waals surface area contributed by atoms with Crippen LogP contribution in [0.4, 0.5) is 11.4 Å². The van der Waals surface area contributed by atoms with Crippen LogP contribution in [0.25, 0.3) is 11.4 Å². The molecule has 1 aromatic heterocycles. The van der Waals surface area contributed by atoms with Gasteiger partial charge < -0.3 is 19.5 Å². The van der Waals surface area contributed by atoms with Gasteiger partial charge >= 0.3 is 0 Å². The molecule has 1 saturated heterocycles. The predicted octanol–water partition coefficient (Wildman–Crippen LogP) is 4.94. The van der Waals surface area contributed by atoms with Gasteiger partial charge in [-0.3, -0.25) is 4.79 Å². The Morgan fingerprint density at radius 2 is 1.91 bits per heavy atom. The molecule has 1 amide bonds. The standard InChI is InChI=1S/C25H30N4O3/c1-3-31-22-7-5-4-6-21(22)26-23(30)12-13-24-27-25(28-32-24)19-8-10-20(11-9-19)29-16-14-18(2)15-17-29/h4-11,18H,3,12-17H2,1-2H3,(H,26,30). The van der Waals surface area contributed by atoms with Crippen molar-refractivity contribution in [3.05, 3.63) is 54.4 Å². The van der Waals surface area contributed by atoms with E-state index < -0.39 is 0 Å². The van der Waals surface area contributed by atoms with Gasteiger partial charge in [0.1, 0.15) is 5.75 Å². The Morgan fingerprint density at radius 1 is 1.16 bits per heavy atom. The number of hydrogen-bond donors (Lipinski definition) is 1. The number of para-hydroxylation sites is 2. The average Bonchev–Trinajstić information content (AvgIpc) is 3.29. The fourth-order valence-electron chi connectivity index (χ4n) is 3.85. The summed E-state index contributed by atoms with van der Waals surface area (Å²) in [6.45, 7) is 6.97. The Hall–Kier alpha value is -3.35. The molecule has 1 N–H and O–H groups in total. The van der Waals surface area contributed by atoms with Gasteiger partial charge in [0.25, 0.3) is 0 Å². The van der Waals surface area contributed by atoms with Crippen LogP contribution in [0.5, 0.6) is 5.75 Å². The van der Waals surface area contributed by atoms with E-state index in [1.807, 2.05) is 43.3 Å². The number of ether oxygens (including phenoxy) is 1. The topological polar surface area (TPSA) is 80.5 Å². The van der Waals surface area contributed by atoms with E-state index in [2.05, 4.69) is 39.4 Å². The van der Waals surface area contributed by atoms with Crippen molar-refractivity contribution in [1.82, 2.24) is 10.1 Å². The number of nitrogens with zero attached hydrogens (tertiary/aromatic N) is 3. The van der Waals surface area contributed by atoms with Crippen molar-refractivity contribution >= 4 is 17.3 Å². The molecular weight excluding hydrogens is 404 g/mol. The van der Waals surface area contributed by atoms with Crippen molar-refractivity contribution in [2.75, 3.05) is 29.9 Å². The van der Waals surface area contributed by atoms with Crippen molar-refractivity contribution in [3.8, 4) is 17.1 Å². The number of aromatic nitrogens is 2. The fourth-order valence-corrected chi connectivity index (χ4v) is 3.85. The number of amides is 1. The molecule has 0 saturated carbocycles. The minimum Gasteiger partial charge on any atom is -0.492 e. The number of hydrogen-bond acceptors (Lipinski definition) is 6. The molecule has 0 aliphatic carbocycles. The Balaban J connectivity index is 1.31. The summed E-state index contributed by atoms with van der Waals surface area (Å²) in [6, 6.07) is 15.7. The van der Waals surface area contributed by atoms with Gasteiger partial charge in [0.2, 0.25) is 17.6 Å². The summed E-state index contributed by atoms with van der Waals surface area (Å²) < 4.78 is 10.9. The van der Waals surface area contributed by atoms with Gasteiger partial charge in [-0.1, -0.05) is 24.2 Å². The van der Waals surface area contributed by atoms with Crippen molar-refractivity contribution in [2.45, 2.75) is 39.5 Å². The average molecular weight is 435 g/mol. The number of nitrogens with one attached hydrogen (secondary N) is 1. The van der Waals surface area contributed by atoms with Gasteiger partial charge in [0.05, 0.1) is 12.3 Å². The first kappa shape index (κ1) is 21.9. The number of anilines is 2. The minimum absolute atomic E-state index is 0.128. The normalized spacial score (nSPS) is 14.4. The smallest absolute Gasteiger partial charge is 0.227 e. The Bertz CT molecular complexity index is 1020. The fraction of sp³-hybridized carbons (Fsp3) is 0.400. The largest absolute Gasteiger partial charge is 0.492 e.